The SMILES string of the molecule is Cc1nc(S(=O)(=O)N2CCC(C(=O)NC3CNCCC3C)CC2)cn1C. The topological polar surface area (TPSA) is 96.3 Å². The zero-order chi connectivity index (χ0) is 18.9. The Bertz CT molecular complexity index is 733. The Labute approximate surface area is 155 Å². The molecule has 0 aliphatic carbocycles. The van der Waals surface area contributed by atoms with Gasteiger partial charge in [-0.2, -0.15) is 4.31 Å². The highest BCUT2D eigenvalue weighted by Gasteiger charge is 2.34. The minimum absolute atomic E-state index is 0.0521. The van der Waals surface area contributed by atoms with E-state index >= 15 is 0 Å². The van der Waals surface area contributed by atoms with Gasteiger partial charge in [-0.25, -0.2) is 13.4 Å². The maximum Gasteiger partial charge on any atom is 0.262 e. The van der Waals surface area contributed by atoms with Crippen molar-refractivity contribution in [2.75, 3.05) is 26.2 Å². The van der Waals surface area contributed by atoms with Crippen molar-refractivity contribution in [1.82, 2.24) is 24.5 Å². The fourth-order valence-corrected chi connectivity index (χ4v) is 5.12. The van der Waals surface area contributed by atoms with Crippen molar-refractivity contribution in [3.8, 4) is 0 Å². The maximum atomic E-state index is 12.7. The number of hydrogen-bond donors (Lipinski definition) is 2. The molecular weight excluding hydrogens is 354 g/mol. The predicted molar refractivity (Wildman–Crippen MR) is 98.0 cm³/mol. The Morgan fingerprint density at radius 3 is 2.58 bits per heavy atom. The smallest absolute Gasteiger partial charge is 0.262 e. The van der Waals surface area contributed by atoms with Crippen molar-refractivity contribution in [2.24, 2.45) is 18.9 Å². The van der Waals surface area contributed by atoms with Gasteiger partial charge >= 0.3 is 0 Å². The summed E-state index contributed by atoms with van der Waals surface area (Å²) in [5, 5.41) is 6.55. The first-order valence-corrected chi connectivity index (χ1v) is 10.7. The number of carbonyl (C=O) groups is 1. The van der Waals surface area contributed by atoms with Gasteiger partial charge in [0.25, 0.3) is 10.0 Å². The Morgan fingerprint density at radius 2 is 2.00 bits per heavy atom. The largest absolute Gasteiger partial charge is 0.352 e. The van der Waals surface area contributed by atoms with E-state index in [1.165, 1.54) is 4.31 Å². The van der Waals surface area contributed by atoms with Crippen LogP contribution in [0.1, 0.15) is 32.0 Å². The van der Waals surface area contributed by atoms with Crippen LogP contribution in [-0.4, -0.2) is 60.4 Å². The minimum Gasteiger partial charge on any atom is -0.352 e. The van der Waals surface area contributed by atoms with Gasteiger partial charge in [-0.3, -0.25) is 4.79 Å². The number of imidazole rings is 1. The summed E-state index contributed by atoms with van der Waals surface area (Å²) in [4.78, 5) is 16.7. The number of sulfonamides is 1. The van der Waals surface area contributed by atoms with Gasteiger partial charge in [-0.1, -0.05) is 6.92 Å². The number of carbonyl (C=O) groups excluding carboxylic acids is 1. The van der Waals surface area contributed by atoms with E-state index in [0.29, 0.717) is 37.7 Å². The fraction of sp³-hybridized carbons (Fsp3) is 0.765. The first-order chi connectivity index (χ1) is 12.3. The van der Waals surface area contributed by atoms with Gasteiger partial charge in [0.15, 0.2) is 5.03 Å². The van der Waals surface area contributed by atoms with Gasteiger partial charge in [-0.15, -0.1) is 0 Å². The third-order valence-corrected chi connectivity index (χ3v) is 7.44. The van der Waals surface area contributed by atoms with E-state index in [1.54, 1.807) is 24.7 Å². The molecule has 26 heavy (non-hydrogen) atoms. The van der Waals surface area contributed by atoms with Crippen LogP contribution in [0.4, 0.5) is 0 Å². The number of piperidine rings is 2. The molecule has 2 aliphatic rings. The Balaban J connectivity index is 1.57. The van der Waals surface area contributed by atoms with Crippen molar-refractivity contribution in [1.29, 1.82) is 0 Å². The highest BCUT2D eigenvalue weighted by Crippen LogP contribution is 2.24. The van der Waals surface area contributed by atoms with Gasteiger partial charge in [0, 0.05) is 44.8 Å². The molecule has 1 amide bonds. The molecule has 3 heterocycles. The molecule has 9 heteroatoms. The van der Waals surface area contributed by atoms with Gasteiger partial charge in [-0.05, 0) is 38.6 Å². The number of nitrogens with one attached hydrogen (secondary N) is 2. The van der Waals surface area contributed by atoms with Crippen LogP contribution in [-0.2, 0) is 21.9 Å². The molecule has 2 saturated heterocycles. The summed E-state index contributed by atoms with van der Waals surface area (Å²) >= 11 is 0. The monoisotopic (exact) mass is 383 g/mol. The molecule has 0 radical (unpaired) electrons. The molecule has 0 bridgehead atoms. The summed E-state index contributed by atoms with van der Waals surface area (Å²) in [6.07, 6.45) is 3.70. The second-order valence-electron chi connectivity index (χ2n) is 7.50. The summed E-state index contributed by atoms with van der Waals surface area (Å²) in [5.74, 6) is 1.05. The summed E-state index contributed by atoms with van der Waals surface area (Å²) in [5.41, 5.74) is 0. The maximum absolute atomic E-state index is 12.7. The highest BCUT2D eigenvalue weighted by molar-refractivity contribution is 7.89. The lowest BCUT2D eigenvalue weighted by Gasteiger charge is -2.34. The van der Waals surface area contributed by atoms with Crippen molar-refractivity contribution >= 4 is 15.9 Å². The van der Waals surface area contributed by atoms with E-state index in [0.717, 1.165) is 19.5 Å². The Kier molecular flexibility index (Phi) is 5.69. The molecule has 2 aliphatic heterocycles. The van der Waals surface area contributed by atoms with Crippen LogP contribution in [0.3, 0.4) is 0 Å². The predicted octanol–water partition coefficient (Wildman–Crippen LogP) is 0.243. The van der Waals surface area contributed by atoms with E-state index < -0.39 is 10.0 Å². The summed E-state index contributed by atoms with van der Waals surface area (Å²) in [6.45, 7) is 6.45. The summed E-state index contributed by atoms with van der Waals surface area (Å²) < 4.78 is 28.6. The van der Waals surface area contributed by atoms with Crippen LogP contribution in [0.2, 0.25) is 0 Å². The lowest BCUT2D eigenvalue weighted by Crippen LogP contribution is -2.52. The fourth-order valence-electron chi connectivity index (χ4n) is 3.62. The molecule has 1 aromatic rings. The van der Waals surface area contributed by atoms with Gasteiger partial charge in [0.05, 0.1) is 0 Å². The van der Waals surface area contributed by atoms with Crippen molar-refractivity contribution in [2.45, 2.75) is 44.2 Å². The molecule has 2 unspecified atom stereocenters. The zero-order valence-electron chi connectivity index (χ0n) is 15.7. The third kappa shape index (κ3) is 3.94. The van der Waals surface area contributed by atoms with Crippen molar-refractivity contribution in [3.63, 3.8) is 0 Å². The molecule has 2 fully saturated rings. The molecule has 2 atom stereocenters. The number of rotatable bonds is 4. The first kappa shape index (κ1) is 19.3. The molecule has 0 spiro atoms. The molecule has 3 rings (SSSR count). The quantitative estimate of drug-likeness (QED) is 0.777. The summed E-state index contributed by atoms with van der Waals surface area (Å²) in [7, 11) is -1.81. The second-order valence-corrected chi connectivity index (χ2v) is 9.39. The number of aryl methyl sites for hydroxylation is 2. The van der Waals surface area contributed by atoms with E-state index in [1.807, 2.05) is 0 Å². The molecule has 0 saturated carbocycles. The van der Waals surface area contributed by atoms with Crippen LogP contribution in [0.15, 0.2) is 11.2 Å². The zero-order valence-corrected chi connectivity index (χ0v) is 16.6. The van der Waals surface area contributed by atoms with E-state index in [4.69, 9.17) is 0 Å². The molecule has 2 N–H and O–H groups in total. The minimum atomic E-state index is -3.59. The van der Waals surface area contributed by atoms with E-state index in [2.05, 4.69) is 22.5 Å². The highest BCUT2D eigenvalue weighted by atomic mass is 32.2. The first-order valence-electron chi connectivity index (χ1n) is 9.30. The standard InChI is InChI=1S/C17H29N5O3S/c1-12-4-7-18-10-15(12)20-17(23)14-5-8-22(9-6-14)26(24,25)16-11-21(3)13(2)19-16/h11-12,14-15,18H,4-10H2,1-3H3,(H,20,23). The number of hydrogen-bond acceptors (Lipinski definition) is 5. The van der Waals surface area contributed by atoms with Crippen LogP contribution in [0.25, 0.3) is 0 Å². The van der Waals surface area contributed by atoms with Gasteiger partial charge in [0.1, 0.15) is 5.82 Å². The van der Waals surface area contributed by atoms with Crippen molar-refractivity contribution in [3.05, 3.63) is 12.0 Å². The van der Waals surface area contributed by atoms with Gasteiger partial charge < -0.3 is 15.2 Å². The molecular formula is C17H29N5O3S. The molecule has 0 aromatic carbocycles. The number of nitrogens with zero attached hydrogens (tertiary/aromatic N) is 3. The number of amides is 1. The average Bonchev–Trinajstić information content (AvgIpc) is 2.97. The van der Waals surface area contributed by atoms with Crippen molar-refractivity contribution < 1.29 is 13.2 Å². The lowest BCUT2D eigenvalue weighted by atomic mass is 9.92. The lowest BCUT2D eigenvalue weighted by molar-refractivity contribution is -0.127. The number of aromatic nitrogens is 2. The normalized spacial score (nSPS) is 26.0. The van der Waals surface area contributed by atoms with Gasteiger partial charge in [0.2, 0.25) is 5.91 Å². The van der Waals surface area contributed by atoms with Crippen LogP contribution >= 0.6 is 0 Å². The van der Waals surface area contributed by atoms with Crippen LogP contribution in [0, 0.1) is 18.8 Å². The second kappa shape index (κ2) is 7.66. The van der Waals surface area contributed by atoms with E-state index in [9.17, 15) is 13.2 Å². The third-order valence-electron chi connectivity index (χ3n) is 5.67. The molecule has 1 aromatic heterocycles. The van der Waals surface area contributed by atoms with E-state index in [-0.39, 0.29) is 22.9 Å². The Morgan fingerprint density at radius 1 is 1.31 bits per heavy atom. The average molecular weight is 384 g/mol. The Hall–Kier alpha value is -1.45. The molecule has 146 valence electrons. The molecule has 8 nitrogen and oxygen atoms in total. The van der Waals surface area contributed by atoms with Crippen LogP contribution in [0.5, 0.6) is 0 Å². The van der Waals surface area contributed by atoms with Crippen LogP contribution < -0.4 is 10.6 Å². The summed E-state index contributed by atoms with van der Waals surface area (Å²) in [6, 6.07) is 0.162.